The molecule has 0 spiro atoms. The third-order valence-electron chi connectivity index (χ3n) is 2.07. The van der Waals surface area contributed by atoms with E-state index in [1.807, 2.05) is 19.9 Å². The maximum Gasteiger partial charge on any atom is 0.270 e. The summed E-state index contributed by atoms with van der Waals surface area (Å²) in [4.78, 5) is 10.1. The van der Waals surface area contributed by atoms with Crippen molar-refractivity contribution in [2.75, 3.05) is 5.32 Å². The molecule has 0 atom stereocenters. The van der Waals surface area contributed by atoms with Crippen LogP contribution in [0.15, 0.2) is 29.4 Å². The van der Waals surface area contributed by atoms with Gasteiger partial charge in [0.2, 0.25) is 0 Å². The SMILES string of the molecule is CC(C)(N)c1cccc(NC(N)=N[N+](=O)[O-])c1.Cl. The highest BCUT2D eigenvalue weighted by Gasteiger charge is 2.14. The van der Waals surface area contributed by atoms with Crippen LogP contribution in [0.2, 0.25) is 0 Å². The summed E-state index contributed by atoms with van der Waals surface area (Å²) in [5.41, 5.74) is 12.3. The second kappa shape index (κ2) is 6.18. The number of hydrogen-bond acceptors (Lipinski definition) is 3. The first kappa shape index (κ1) is 16.1. The molecule has 0 radical (unpaired) electrons. The molecule has 7 nitrogen and oxygen atoms in total. The van der Waals surface area contributed by atoms with E-state index in [-0.39, 0.29) is 18.4 Å². The number of rotatable bonds is 3. The van der Waals surface area contributed by atoms with Crippen molar-refractivity contribution in [3.8, 4) is 0 Å². The zero-order valence-corrected chi connectivity index (χ0v) is 10.9. The molecule has 5 N–H and O–H groups in total. The molecule has 1 rings (SSSR count). The van der Waals surface area contributed by atoms with Gasteiger partial charge in [0.05, 0.1) is 0 Å². The van der Waals surface area contributed by atoms with E-state index in [1.165, 1.54) is 0 Å². The normalized spacial score (nSPS) is 11.6. The van der Waals surface area contributed by atoms with Crippen molar-refractivity contribution in [2.24, 2.45) is 16.6 Å². The fourth-order valence-electron chi connectivity index (χ4n) is 1.26. The largest absolute Gasteiger partial charge is 0.364 e. The van der Waals surface area contributed by atoms with Gasteiger partial charge in [-0.1, -0.05) is 12.1 Å². The molecule has 0 aromatic heterocycles. The Bertz CT molecular complexity index is 456. The predicted molar refractivity (Wildman–Crippen MR) is 73.1 cm³/mol. The maximum atomic E-state index is 10.1. The molecule has 8 heteroatoms. The molecule has 1 aromatic rings. The van der Waals surface area contributed by atoms with Gasteiger partial charge < -0.3 is 16.8 Å². The maximum absolute atomic E-state index is 10.1. The van der Waals surface area contributed by atoms with E-state index in [1.54, 1.807) is 18.2 Å². The van der Waals surface area contributed by atoms with Crippen molar-refractivity contribution < 1.29 is 5.03 Å². The van der Waals surface area contributed by atoms with E-state index in [2.05, 4.69) is 10.4 Å². The third kappa shape index (κ3) is 4.98. The van der Waals surface area contributed by atoms with Gasteiger partial charge in [0.1, 0.15) is 5.10 Å². The van der Waals surface area contributed by atoms with Crippen molar-refractivity contribution in [1.29, 1.82) is 0 Å². The Hall–Kier alpha value is -1.86. The lowest BCUT2D eigenvalue weighted by atomic mass is 9.95. The van der Waals surface area contributed by atoms with Crippen molar-refractivity contribution in [3.63, 3.8) is 0 Å². The Kier molecular flexibility index (Phi) is 5.54. The van der Waals surface area contributed by atoms with E-state index < -0.39 is 10.6 Å². The molecule has 0 saturated heterocycles. The van der Waals surface area contributed by atoms with Gasteiger partial charge in [-0.05, 0) is 31.5 Å². The number of halogens is 1. The molecule has 0 fully saturated rings. The number of hydrogen-bond donors (Lipinski definition) is 3. The van der Waals surface area contributed by atoms with Gasteiger partial charge in [0.25, 0.3) is 5.96 Å². The van der Waals surface area contributed by atoms with Crippen molar-refractivity contribution in [3.05, 3.63) is 39.9 Å². The smallest absolute Gasteiger partial charge is 0.270 e. The minimum absolute atomic E-state index is 0. The van der Waals surface area contributed by atoms with E-state index in [0.29, 0.717) is 5.69 Å². The quantitative estimate of drug-likeness (QED) is 0.331. The Morgan fingerprint density at radius 3 is 2.61 bits per heavy atom. The molecular formula is C10H16ClN5O2. The molecule has 0 amide bonds. The third-order valence-corrected chi connectivity index (χ3v) is 2.07. The fourth-order valence-corrected chi connectivity index (χ4v) is 1.26. The summed E-state index contributed by atoms with van der Waals surface area (Å²) < 4.78 is 0. The molecule has 0 bridgehead atoms. The summed E-state index contributed by atoms with van der Waals surface area (Å²) in [6.07, 6.45) is 0. The van der Waals surface area contributed by atoms with Gasteiger partial charge in [0.15, 0.2) is 5.03 Å². The second-order valence-electron chi connectivity index (χ2n) is 4.15. The molecule has 0 unspecified atom stereocenters. The van der Waals surface area contributed by atoms with Crippen molar-refractivity contribution in [2.45, 2.75) is 19.4 Å². The Morgan fingerprint density at radius 2 is 2.11 bits per heavy atom. The second-order valence-corrected chi connectivity index (χ2v) is 4.15. The molecule has 100 valence electrons. The summed E-state index contributed by atoms with van der Waals surface area (Å²) in [6.45, 7) is 3.72. The van der Waals surface area contributed by atoms with Gasteiger partial charge in [-0.25, -0.2) is 10.1 Å². The van der Waals surface area contributed by atoms with Crippen LogP contribution in [0.5, 0.6) is 0 Å². The van der Waals surface area contributed by atoms with Crippen molar-refractivity contribution >= 4 is 24.1 Å². The number of nitro groups is 1. The van der Waals surface area contributed by atoms with Crippen LogP contribution in [0.25, 0.3) is 0 Å². The highest BCUT2D eigenvalue weighted by molar-refractivity contribution is 5.91. The number of benzene rings is 1. The first-order chi connectivity index (χ1) is 7.79. The molecule has 0 heterocycles. The summed E-state index contributed by atoms with van der Waals surface area (Å²) in [6, 6.07) is 7.14. The molecule has 0 aliphatic rings. The molecular weight excluding hydrogens is 258 g/mol. The molecule has 0 aliphatic heterocycles. The minimum Gasteiger partial charge on any atom is -0.364 e. The van der Waals surface area contributed by atoms with Crippen LogP contribution in [0, 0.1) is 10.1 Å². The number of guanidine groups is 1. The van der Waals surface area contributed by atoms with Gasteiger partial charge in [-0.15, -0.1) is 12.4 Å². The van der Waals surface area contributed by atoms with Gasteiger partial charge in [0, 0.05) is 11.2 Å². The lowest BCUT2D eigenvalue weighted by Gasteiger charge is -2.19. The Balaban J connectivity index is 0.00000289. The number of nitrogens with zero attached hydrogens (tertiary/aromatic N) is 2. The number of anilines is 1. The first-order valence-electron chi connectivity index (χ1n) is 4.94. The molecule has 1 aromatic carbocycles. The number of nitrogens with two attached hydrogens (primary N) is 2. The average molecular weight is 274 g/mol. The summed E-state index contributed by atoms with van der Waals surface area (Å²) in [5.74, 6) is -0.276. The lowest BCUT2D eigenvalue weighted by molar-refractivity contribution is -0.485. The zero-order valence-electron chi connectivity index (χ0n) is 10.1. The fraction of sp³-hybridized carbons (Fsp3) is 0.300. The molecule has 18 heavy (non-hydrogen) atoms. The van der Waals surface area contributed by atoms with E-state index in [4.69, 9.17) is 11.5 Å². The van der Waals surface area contributed by atoms with E-state index >= 15 is 0 Å². The lowest BCUT2D eigenvalue weighted by Crippen LogP contribution is -2.29. The number of hydrazone groups is 1. The summed E-state index contributed by atoms with van der Waals surface area (Å²) in [5, 5.41) is 14.8. The highest BCUT2D eigenvalue weighted by Crippen LogP contribution is 2.20. The monoisotopic (exact) mass is 273 g/mol. The van der Waals surface area contributed by atoms with Crippen LogP contribution in [-0.4, -0.2) is 11.0 Å². The average Bonchev–Trinajstić information content (AvgIpc) is 2.15. The number of nitrogens with one attached hydrogen (secondary N) is 1. The first-order valence-corrected chi connectivity index (χ1v) is 4.94. The highest BCUT2D eigenvalue weighted by atomic mass is 35.5. The van der Waals surface area contributed by atoms with Gasteiger partial charge >= 0.3 is 0 Å². The van der Waals surface area contributed by atoms with E-state index in [0.717, 1.165) is 5.56 Å². The van der Waals surface area contributed by atoms with Crippen LogP contribution in [-0.2, 0) is 5.54 Å². The van der Waals surface area contributed by atoms with E-state index in [9.17, 15) is 10.1 Å². The van der Waals surface area contributed by atoms with Gasteiger partial charge in [-0.2, -0.15) is 0 Å². The summed E-state index contributed by atoms with van der Waals surface area (Å²) >= 11 is 0. The van der Waals surface area contributed by atoms with Crippen LogP contribution in [0.4, 0.5) is 5.69 Å². The van der Waals surface area contributed by atoms with Crippen LogP contribution in [0.3, 0.4) is 0 Å². The van der Waals surface area contributed by atoms with Crippen LogP contribution >= 0.6 is 12.4 Å². The van der Waals surface area contributed by atoms with Crippen LogP contribution in [0.1, 0.15) is 19.4 Å². The topological polar surface area (TPSA) is 120 Å². The molecule has 0 saturated carbocycles. The summed E-state index contributed by atoms with van der Waals surface area (Å²) in [7, 11) is 0. The zero-order chi connectivity index (χ0) is 13.1. The van der Waals surface area contributed by atoms with Gasteiger partial charge in [-0.3, -0.25) is 0 Å². The predicted octanol–water partition coefficient (Wildman–Crippen LogP) is 1.22. The molecule has 0 aliphatic carbocycles. The standard InChI is InChI=1S/C10H15N5O2.ClH/c1-10(2,12)7-4-3-5-8(6-7)13-9(11)14-15(16)17;/h3-6H,12H2,1-2H3,(H3,11,13,14);1H. The van der Waals surface area contributed by atoms with Crippen LogP contribution < -0.4 is 16.8 Å². The Labute approximate surface area is 111 Å². The Morgan fingerprint density at radius 1 is 1.50 bits per heavy atom. The minimum atomic E-state index is -0.862. The van der Waals surface area contributed by atoms with Crippen molar-refractivity contribution in [1.82, 2.24) is 0 Å².